The molecule has 1 aliphatic heterocycles. The van der Waals surface area contributed by atoms with Crippen molar-refractivity contribution in [3.8, 4) is 0 Å². The zero-order valence-electron chi connectivity index (χ0n) is 6.16. The lowest BCUT2D eigenvalue weighted by molar-refractivity contribution is -0.165. The van der Waals surface area contributed by atoms with E-state index in [1.807, 2.05) is 0 Å². The van der Waals surface area contributed by atoms with Crippen molar-refractivity contribution in [2.45, 2.75) is 38.0 Å². The number of ether oxygens (including phenoxy) is 1. The minimum Gasteiger partial charge on any atom is -0.378 e. The van der Waals surface area contributed by atoms with Crippen molar-refractivity contribution >= 4 is 0 Å². The van der Waals surface area contributed by atoms with E-state index >= 15 is 0 Å². The van der Waals surface area contributed by atoms with E-state index in [-0.39, 0.29) is 0 Å². The molecule has 0 spiro atoms. The van der Waals surface area contributed by atoms with Gasteiger partial charge in [0.05, 0.1) is 12.5 Å². The van der Waals surface area contributed by atoms with Crippen LogP contribution in [-0.2, 0) is 4.74 Å². The van der Waals surface area contributed by atoms with Crippen LogP contribution < -0.4 is 0 Å². The molecule has 0 radical (unpaired) electrons. The molecular formula is C7H11F3O. The third-order valence-electron chi connectivity index (χ3n) is 1.73. The summed E-state index contributed by atoms with van der Waals surface area (Å²) in [5.41, 5.74) is 0. The van der Waals surface area contributed by atoms with Gasteiger partial charge in [0, 0.05) is 6.61 Å². The zero-order valence-corrected chi connectivity index (χ0v) is 6.16. The number of alkyl halides is 3. The third-order valence-corrected chi connectivity index (χ3v) is 1.73. The maximum absolute atomic E-state index is 11.8. The van der Waals surface area contributed by atoms with Crippen LogP contribution in [0.4, 0.5) is 13.2 Å². The summed E-state index contributed by atoms with van der Waals surface area (Å²) in [4.78, 5) is 0. The zero-order chi connectivity index (χ0) is 8.32. The highest BCUT2D eigenvalue weighted by Gasteiger charge is 2.32. The molecule has 4 heteroatoms. The lowest BCUT2D eigenvalue weighted by Gasteiger charge is -2.23. The second-order valence-electron chi connectivity index (χ2n) is 2.81. The van der Waals surface area contributed by atoms with Gasteiger partial charge in [-0.05, 0) is 19.3 Å². The monoisotopic (exact) mass is 168 g/mol. The van der Waals surface area contributed by atoms with Gasteiger partial charge >= 0.3 is 6.18 Å². The van der Waals surface area contributed by atoms with Gasteiger partial charge in [0.25, 0.3) is 0 Å². The van der Waals surface area contributed by atoms with Crippen molar-refractivity contribution in [2.75, 3.05) is 6.61 Å². The minimum absolute atomic E-state index is 0.487. The van der Waals surface area contributed by atoms with Crippen LogP contribution in [0.1, 0.15) is 25.7 Å². The first kappa shape index (κ1) is 8.84. The molecular weight excluding hydrogens is 157 g/mol. The first-order valence-corrected chi connectivity index (χ1v) is 3.76. The van der Waals surface area contributed by atoms with Crippen LogP contribution in [0.2, 0.25) is 0 Å². The average molecular weight is 168 g/mol. The van der Waals surface area contributed by atoms with Crippen LogP contribution in [0.25, 0.3) is 0 Å². The highest BCUT2D eigenvalue weighted by molar-refractivity contribution is 4.67. The quantitative estimate of drug-likeness (QED) is 0.584. The van der Waals surface area contributed by atoms with E-state index < -0.39 is 18.7 Å². The first-order valence-electron chi connectivity index (χ1n) is 3.76. The van der Waals surface area contributed by atoms with Gasteiger partial charge in [-0.25, -0.2) is 0 Å². The van der Waals surface area contributed by atoms with E-state index in [0.717, 1.165) is 12.8 Å². The predicted octanol–water partition coefficient (Wildman–Crippen LogP) is 2.51. The normalized spacial score (nSPS) is 27.0. The summed E-state index contributed by atoms with van der Waals surface area (Å²) >= 11 is 0. The largest absolute Gasteiger partial charge is 0.391 e. The smallest absolute Gasteiger partial charge is 0.378 e. The molecule has 0 saturated carbocycles. The Morgan fingerprint density at radius 2 is 2.00 bits per heavy atom. The summed E-state index contributed by atoms with van der Waals surface area (Å²) in [6.07, 6.45) is -3.12. The van der Waals surface area contributed by atoms with Crippen molar-refractivity contribution < 1.29 is 17.9 Å². The van der Waals surface area contributed by atoms with E-state index in [4.69, 9.17) is 4.74 Å². The minimum atomic E-state index is -4.07. The van der Waals surface area contributed by atoms with E-state index in [0.29, 0.717) is 13.0 Å². The maximum Gasteiger partial charge on any atom is 0.391 e. The van der Waals surface area contributed by atoms with Crippen molar-refractivity contribution in [3.05, 3.63) is 0 Å². The van der Waals surface area contributed by atoms with Crippen molar-refractivity contribution in [3.63, 3.8) is 0 Å². The van der Waals surface area contributed by atoms with Gasteiger partial charge < -0.3 is 4.74 Å². The Bertz CT molecular complexity index is 115. The van der Waals surface area contributed by atoms with E-state index in [2.05, 4.69) is 0 Å². The molecule has 1 nitrogen and oxygen atoms in total. The summed E-state index contributed by atoms with van der Waals surface area (Å²) in [6, 6.07) is 0. The second kappa shape index (κ2) is 3.43. The van der Waals surface area contributed by atoms with Crippen molar-refractivity contribution in [2.24, 2.45) is 0 Å². The fourth-order valence-electron chi connectivity index (χ4n) is 1.23. The van der Waals surface area contributed by atoms with Gasteiger partial charge in [-0.3, -0.25) is 0 Å². The SMILES string of the molecule is FC(F)(F)CC1CCCCO1. The Kier molecular flexibility index (Phi) is 2.76. The number of halogens is 3. The molecule has 0 aromatic rings. The molecule has 1 unspecified atom stereocenters. The Labute approximate surface area is 63.5 Å². The fraction of sp³-hybridized carbons (Fsp3) is 1.00. The van der Waals surface area contributed by atoms with Crippen LogP contribution in [-0.4, -0.2) is 18.9 Å². The summed E-state index contributed by atoms with van der Waals surface area (Å²) in [5, 5.41) is 0. The molecule has 0 aliphatic carbocycles. The highest BCUT2D eigenvalue weighted by atomic mass is 19.4. The first-order chi connectivity index (χ1) is 5.08. The summed E-state index contributed by atoms with van der Waals surface area (Å²) in [7, 11) is 0. The summed E-state index contributed by atoms with van der Waals surface area (Å²) in [5.74, 6) is 0. The Morgan fingerprint density at radius 3 is 2.45 bits per heavy atom. The molecule has 0 amide bonds. The molecule has 1 rings (SSSR count). The molecule has 0 N–H and O–H groups in total. The molecule has 1 atom stereocenters. The Morgan fingerprint density at radius 1 is 1.27 bits per heavy atom. The molecule has 0 bridgehead atoms. The third kappa shape index (κ3) is 3.60. The maximum atomic E-state index is 11.8. The standard InChI is InChI=1S/C7H11F3O/c8-7(9,10)5-6-3-1-2-4-11-6/h6H,1-5H2. The predicted molar refractivity (Wildman–Crippen MR) is 34.3 cm³/mol. The van der Waals surface area contributed by atoms with Crippen LogP contribution >= 0.6 is 0 Å². The van der Waals surface area contributed by atoms with Crippen LogP contribution in [0, 0.1) is 0 Å². The Balaban J connectivity index is 2.24. The van der Waals surface area contributed by atoms with Crippen LogP contribution in [0.3, 0.4) is 0 Å². The van der Waals surface area contributed by atoms with Gasteiger partial charge in [-0.2, -0.15) is 13.2 Å². The molecule has 0 aromatic heterocycles. The van der Waals surface area contributed by atoms with Crippen LogP contribution in [0.5, 0.6) is 0 Å². The van der Waals surface area contributed by atoms with Crippen molar-refractivity contribution in [1.82, 2.24) is 0 Å². The van der Waals surface area contributed by atoms with Crippen LogP contribution in [0.15, 0.2) is 0 Å². The molecule has 0 aromatic carbocycles. The lowest BCUT2D eigenvalue weighted by atomic mass is 10.1. The molecule has 1 saturated heterocycles. The number of hydrogen-bond donors (Lipinski definition) is 0. The van der Waals surface area contributed by atoms with Crippen molar-refractivity contribution in [1.29, 1.82) is 0 Å². The van der Waals surface area contributed by atoms with E-state index in [1.165, 1.54) is 0 Å². The molecule has 11 heavy (non-hydrogen) atoms. The van der Waals surface area contributed by atoms with Gasteiger partial charge in [-0.15, -0.1) is 0 Å². The highest BCUT2D eigenvalue weighted by Crippen LogP contribution is 2.27. The van der Waals surface area contributed by atoms with Gasteiger partial charge in [-0.1, -0.05) is 0 Å². The van der Waals surface area contributed by atoms with E-state index in [9.17, 15) is 13.2 Å². The average Bonchev–Trinajstić information content (AvgIpc) is 1.85. The van der Waals surface area contributed by atoms with Gasteiger partial charge in [0.1, 0.15) is 0 Å². The summed E-state index contributed by atoms with van der Waals surface area (Å²) in [6.45, 7) is 0.487. The topological polar surface area (TPSA) is 9.23 Å². The Hall–Kier alpha value is -0.250. The molecule has 66 valence electrons. The molecule has 1 heterocycles. The fourth-order valence-corrected chi connectivity index (χ4v) is 1.23. The second-order valence-corrected chi connectivity index (χ2v) is 2.81. The summed E-state index contributed by atoms with van der Waals surface area (Å²) < 4.78 is 40.2. The number of rotatable bonds is 1. The lowest BCUT2D eigenvalue weighted by Crippen LogP contribution is -2.25. The number of hydrogen-bond acceptors (Lipinski definition) is 1. The van der Waals surface area contributed by atoms with Gasteiger partial charge in [0.15, 0.2) is 0 Å². The molecule has 1 fully saturated rings. The van der Waals surface area contributed by atoms with E-state index in [1.54, 1.807) is 0 Å². The van der Waals surface area contributed by atoms with Gasteiger partial charge in [0.2, 0.25) is 0 Å². The molecule has 1 aliphatic rings.